The fraction of sp³-hybridized carbons (Fsp3) is 0.588. The van der Waals surface area contributed by atoms with Gasteiger partial charge in [0.25, 0.3) is 0 Å². The molecule has 0 spiro atoms. The van der Waals surface area contributed by atoms with Crippen molar-refractivity contribution in [3.05, 3.63) is 35.9 Å². The zero-order chi connectivity index (χ0) is 14.9. The Morgan fingerprint density at radius 2 is 2.00 bits per heavy atom. The molecule has 4 heteroatoms. The number of urea groups is 1. The Kier molecular flexibility index (Phi) is 3.66. The van der Waals surface area contributed by atoms with E-state index >= 15 is 0 Å². The van der Waals surface area contributed by atoms with Gasteiger partial charge in [-0.1, -0.05) is 30.3 Å². The molecule has 2 fully saturated rings. The van der Waals surface area contributed by atoms with Crippen molar-refractivity contribution in [2.24, 2.45) is 5.92 Å². The number of hydrogen-bond donors (Lipinski definition) is 3. The van der Waals surface area contributed by atoms with Gasteiger partial charge >= 0.3 is 6.03 Å². The summed E-state index contributed by atoms with van der Waals surface area (Å²) >= 11 is 0. The molecule has 1 atom stereocenters. The maximum absolute atomic E-state index is 12.1. The van der Waals surface area contributed by atoms with Gasteiger partial charge in [0.2, 0.25) is 0 Å². The topological polar surface area (TPSA) is 61.4 Å². The van der Waals surface area contributed by atoms with Crippen LogP contribution in [0.25, 0.3) is 0 Å². The number of amides is 2. The van der Waals surface area contributed by atoms with Crippen molar-refractivity contribution in [1.82, 2.24) is 10.6 Å². The largest absolute Gasteiger partial charge is 0.394 e. The van der Waals surface area contributed by atoms with Gasteiger partial charge in [0, 0.05) is 12.0 Å². The average Bonchev–Trinajstić information content (AvgIpc) is 3.40. The standard InChI is InChI=1S/C17H24N2O2/c1-16(12-20,13-7-8-13)19-15(21)18-11-17(9-10-17)14-5-3-2-4-6-14/h2-6,13,20H,7-12H2,1H3,(H2,18,19,21)/t16-/m0/s1. The van der Waals surface area contributed by atoms with Crippen molar-refractivity contribution in [2.45, 2.75) is 43.6 Å². The first kappa shape index (κ1) is 14.4. The van der Waals surface area contributed by atoms with E-state index in [2.05, 4.69) is 22.8 Å². The second-order valence-corrected chi connectivity index (χ2v) is 6.80. The fourth-order valence-corrected chi connectivity index (χ4v) is 3.05. The minimum atomic E-state index is -0.479. The Morgan fingerprint density at radius 1 is 1.33 bits per heavy atom. The van der Waals surface area contributed by atoms with Crippen LogP contribution in [0.1, 0.15) is 38.2 Å². The molecular formula is C17H24N2O2. The van der Waals surface area contributed by atoms with Crippen LogP contribution in [0.4, 0.5) is 4.79 Å². The summed E-state index contributed by atoms with van der Waals surface area (Å²) in [7, 11) is 0. The van der Waals surface area contributed by atoms with E-state index in [0.717, 1.165) is 25.7 Å². The fourth-order valence-electron chi connectivity index (χ4n) is 3.05. The molecule has 2 aliphatic rings. The molecule has 0 unspecified atom stereocenters. The predicted molar refractivity (Wildman–Crippen MR) is 82.1 cm³/mol. The average molecular weight is 288 g/mol. The monoisotopic (exact) mass is 288 g/mol. The molecule has 21 heavy (non-hydrogen) atoms. The van der Waals surface area contributed by atoms with E-state index in [9.17, 15) is 9.90 Å². The molecule has 3 N–H and O–H groups in total. The highest BCUT2D eigenvalue weighted by atomic mass is 16.3. The summed E-state index contributed by atoms with van der Waals surface area (Å²) < 4.78 is 0. The van der Waals surface area contributed by atoms with Gasteiger partial charge in [-0.3, -0.25) is 0 Å². The molecular weight excluding hydrogens is 264 g/mol. The maximum atomic E-state index is 12.1. The molecule has 0 aromatic heterocycles. The molecule has 114 valence electrons. The minimum absolute atomic E-state index is 0.00504. The second kappa shape index (κ2) is 5.34. The number of nitrogens with one attached hydrogen (secondary N) is 2. The summed E-state index contributed by atoms with van der Waals surface area (Å²) in [6, 6.07) is 10.2. The van der Waals surface area contributed by atoms with Crippen LogP contribution >= 0.6 is 0 Å². The van der Waals surface area contributed by atoms with Crippen molar-refractivity contribution in [2.75, 3.05) is 13.2 Å². The van der Waals surface area contributed by atoms with Crippen molar-refractivity contribution in [3.63, 3.8) is 0 Å². The second-order valence-electron chi connectivity index (χ2n) is 6.80. The van der Waals surface area contributed by atoms with Gasteiger partial charge in [-0.25, -0.2) is 4.79 Å². The Hall–Kier alpha value is -1.55. The van der Waals surface area contributed by atoms with Gasteiger partial charge in [0.15, 0.2) is 0 Å². The third-order valence-electron chi connectivity index (χ3n) is 5.03. The summed E-state index contributed by atoms with van der Waals surface area (Å²) in [5.74, 6) is 0.414. The molecule has 2 saturated carbocycles. The number of hydrogen-bond acceptors (Lipinski definition) is 2. The Balaban J connectivity index is 1.54. The Bertz CT molecular complexity index is 509. The molecule has 0 heterocycles. The van der Waals surface area contributed by atoms with E-state index in [1.807, 2.05) is 25.1 Å². The third kappa shape index (κ3) is 3.05. The molecule has 0 saturated heterocycles. The molecule has 1 aromatic carbocycles. The third-order valence-corrected chi connectivity index (χ3v) is 5.03. The van der Waals surface area contributed by atoms with Crippen LogP contribution < -0.4 is 10.6 Å². The first-order valence-corrected chi connectivity index (χ1v) is 7.80. The number of benzene rings is 1. The molecule has 2 amide bonds. The molecule has 4 nitrogen and oxygen atoms in total. The summed E-state index contributed by atoms with van der Waals surface area (Å²) in [5.41, 5.74) is 0.943. The number of rotatable bonds is 6. The summed E-state index contributed by atoms with van der Waals surface area (Å²) in [5, 5.41) is 15.5. The quantitative estimate of drug-likeness (QED) is 0.751. The predicted octanol–water partition coefficient (Wildman–Crippen LogP) is 2.18. The first-order valence-electron chi connectivity index (χ1n) is 7.80. The van der Waals surface area contributed by atoms with Crippen LogP contribution in [0.5, 0.6) is 0 Å². The van der Waals surface area contributed by atoms with Crippen LogP contribution in [0.2, 0.25) is 0 Å². The van der Waals surface area contributed by atoms with Crippen LogP contribution in [-0.4, -0.2) is 29.8 Å². The Labute approximate surface area is 125 Å². The van der Waals surface area contributed by atoms with Gasteiger partial charge in [0.1, 0.15) is 0 Å². The van der Waals surface area contributed by atoms with Gasteiger partial charge < -0.3 is 15.7 Å². The summed E-state index contributed by atoms with van der Waals surface area (Å²) in [6.45, 7) is 2.58. The van der Waals surface area contributed by atoms with Gasteiger partial charge in [-0.2, -0.15) is 0 Å². The number of carbonyl (C=O) groups is 1. The van der Waals surface area contributed by atoms with Crippen LogP contribution in [0.15, 0.2) is 30.3 Å². The highest BCUT2D eigenvalue weighted by molar-refractivity contribution is 5.75. The first-order chi connectivity index (χ1) is 10.1. The van der Waals surface area contributed by atoms with E-state index in [1.165, 1.54) is 5.56 Å². The zero-order valence-corrected chi connectivity index (χ0v) is 12.6. The van der Waals surface area contributed by atoms with Crippen molar-refractivity contribution < 1.29 is 9.90 Å². The van der Waals surface area contributed by atoms with E-state index in [0.29, 0.717) is 12.5 Å². The van der Waals surface area contributed by atoms with Crippen LogP contribution in [-0.2, 0) is 5.41 Å². The lowest BCUT2D eigenvalue weighted by molar-refractivity contribution is 0.155. The number of aliphatic hydroxyl groups is 1. The molecule has 2 aliphatic carbocycles. The maximum Gasteiger partial charge on any atom is 0.315 e. The SMILES string of the molecule is C[C@@](CO)(NC(=O)NCC1(c2ccccc2)CC1)C1CC1. The highest BCUT2D eigenvalue weighted by Crippen LogP contribution is 2.47. The Morgan fingerprint density at radius 3 is 2.52 bits per heavy atom. The molecule has 0 bridgehead atoms. The molecule has 0 radical (unpaired) electrons. The normalized spacial score (nSPS) is 22.2. The lowest BCUT2D eigenvalue weighted by Gasteiger charge is -2.29. The highest BCUT2D eigenvalue weighted by Gasteiger charge is 2.45. The van der Waals surface area contributed by atoms with Gasteiger partial charge in [-0.15, -0.1) is 0 Å². The van der Waals surface area contributed by atoms with E-state index in [4.69, 9.17) is 0 Å². The van der Waals surface area contributed by atoms with Crippen molar-refractivity contribution in [3.8, 4) is 0 Å². The van der Waals surface area contributed by atoms with Gasteiger partial charge in [0.05, 0.1) is 12.1 Å². The summed E-state index contributed by atoms with van der Waals surface area (Å²) in [4.78, 5) is 12.1. The smallest absolute Gasteiger partial charge is 0.315 e. The lowest BCUT2D eigenvalue weighted by atomic mass is 9.96. The summed E-state index contributed by atoms with van der Waals surface area (Å²) in [6.07, 6.45) is 4.42. The lowest BCUT2D eigenvalue weighted by Crippen LogP contribution is -2.54. The zero-order valence-electron chi connectivity index (χ0n) is 12.6. The van der Waals surface area contributed by atoms with Crippen LogP contribution in [0, 0.1) is 5.92 Å². The van der Waals surface area contributed by atoms with E-state index in [1.54, 1.807) is 0 Å². The molecule has 0 aliphatic heterocycles. The molecule has 1 aromatic rings. The minimum Gasteiger partial charge on any atom is -0.394 e. The van der Waals surface area contributed by atoms with E-state index < -0.39 is 5.54 Å². The number of carbonyl (C=O) groups excluding carboxylic acids is 1. The van der Waals surface area contributed by atoms with Crippen molar-refractivity contribution in [1.29, 1.82) is 0 Å². The number of aliphatic hydroxyl groups excluding tert-OH is 1. The molecule has 3 rings (SSSR count). The van der Waals surface area contributed by atoms with Crippen LogP contribution in [0.3, 0.4) is 0 Å². The van der Waals surface area contributed by atoms with Crippen molar-refractivity contribution >= 4 is 6.03 Å². The van der Waals surface area contributed by atoms with E-state index in [-0.39, 0.29) is 18.1 Å². The van der Waals surface area contributed by atoms with Gasteiger partial charge in [-0.05, 0) is 44.1 Å².